The molecular weight excluding hydrogens is 340 g/mol. The first kappa shape index (κ1) is 17.2. The zero-order valence-electron chi connectivity index (χ0n) is 12.4. The van der Waals surface area contributed by atoms with Crippen molar-refractivity contribution in [2.24, 2.45) is 0 Å². The summed E-state index contributed by atoms with van der Waals surface area (Å²) in [5.74, 6) is -1.06. The molecule has 0 aliphatic rings. The lowest BCUT2D eigenvalue weighted by atomic mass is 10.1. The maximum atomic E-state index is 12.0. The number of halogens is 1. The van der Waals surface area contributed by atoms with E-state index in [1.165, 1.54) is 25.1 Å². The lowest BCUT2D eigenvalue weighted by molar-refractivity contribution is 0.0463. The molecule has 120 valence electrons. The molecule has 0 radical (unpaired) electrons. The predicted molar refractivity (Wildman–Crippen MR) is 85.7 cm³/mol. The molecule has 0 saturated carbocycles. The van der Waals surface area contributed by atoms with E-state index < -0.39 is 11.9 Å². The molecule has 0 saturated heterocycles. The molecule has 0 bridgehead atoms. The second-order valence-electron chi connectivity index (χ2n) is 4.32. The topological polar surface area (TPSA) is 78.4 Å². The lowest BCUT2D eigenvalue weighted by Gasteiger charge is -2.07. The van der Waals surface area contributed by atoms with Gasteiger partial charge in [0, 0.05) is 0 Å². The summed E-state index contributed by atoms with van der Waals surface area (Å²) in [6.45, 7) is 0.0369. The van der Waals surface area contributed by atoms with Crippen LogP contribution in [-0.4, -0.2) is 35.3 Å². The van der Waals surface area contributed by atoms with E-state index in [4.69, 9.17) is 16.3 Å². The Kier molecular flexibility index (Phi) is 5.95. The van der Waals surface area contributed by atoms with Gasteiger partial charge in [0.05, 0.1) is 23.9 Å². The number of hydrogen-bond acceptors (Lipinski definition) is 7. The van der Waals surface area contributed by atoms with E-state index in [2.05, 4.69) is 14.7 Å². The van der Waals surface area contributed by atoms with Crippen molar-refractivity contribution >= 4 is 35.3 Å². The minimum atomic E-state index is -0.634. The standard InChI is InChI=1S/C15H13ClN2O4S/c1-21-13(19)10-5-3-9(4-6-10)8-22-14(20)12-11(16)7-17-15(18-12)23-2/h3-7H,8H2,1-2H3. The Labute approximate surface area is 142 Å². The van der Waals surface area contributed by atoms with Crippen LogP contribution in [0.1, 0.15) is 26.4 Å². The fourth-order valence-corrected chi connectivity index (χ4v) is 2.17. The van der Waals surface area contributed by atoms with Crippen molar-refractivity contribution < 1.29 is 19.1 Å². The highest BCUT2D eigenvalue weighted by atomic mass is 35.5. The molecule has 2 aromatic rings. The molecular formula is C15H13ClN2O4S. The van der Waals surface area contributed by atoms with Crippen molar-refractivity contribution in [1.82, 2.24) is 9.97 Å². The van der Waals surface area contributed by atoms with Gasteiger partial charge in [0.1, 0.15) is 6.61 Å². The third-order valence-electron chi connectivity index (χ3n) is 2.84. The summed E-state index contributed by atoms with van der Waals surface area (Å²) in [5, 5.41) is 0.567. The van der Waals surface area contributed by atoms with Gasteiger partial charge in [-0.3, -0.25) is 0 Å². The van der Waals surface area contributed by atoms with Crippen molar-refractivity contribution in [3.63, 3.8) is 0 Å². The molecule has 0 fully saturated rings. The number of carbonyl (C=O) groups excluding carboxylic acids is 2. The molecule has 1 heterocycles. The lowest BCUT2D eigenvalue weighted by Crippen LogP contribution is -2.09. The summed E-state index contributed by atoms with van der Waals surface area (Å²) in [6, 6.07) is 6.54. The van der Waals surface area contributed by atoms with E-state index in [-0.39, 0.29) is 17.3 Å². The molecule has 2 rings (SSSR count). The van der Waals surface area contributed by atoms with Crippen LogP contribution in [0.15, 0.2) is 35.6 Å². The van der Waals surface area contributed by atoms with E-state index in [9.17, 15) is 9.59 Å². The monoisotopic (exact) mass is 352 g/mol. The number of esters is 2. The number of methoxy groups -OCH3 is 1. The maximum Gasteiger partial charge on any atom is 0.358 e. The summed E-state index contributed by atoms with van der Waals surface area (Å²) in [5.41, 5.74) is 1.17. The minimum Gasteiger partial charge on any atom is -0.465 e. The third-order valence-corrected chi connectivity index (χ3v) is 3.68. The fourth-order valence-electron chi connectivity index (χ4n) is 1.66. The van der Waals surface area contributed by atoms with Gasteiger partial charge in [-0.25, -0.2) is 19.6 Å². The van der Waals surface area contributed by atoms with Gasteiger partial charge in [-0.15, -0.1) is 0 Å². The fraction of sp³-hybridized carbons (Fsp3) is 0.200. The number of ether oxygens (including phenoxy) is 2. The number of rotatable bonds is 5. The summed E-state index contributed by atoms with van der Waals surface area (Å²) < 4.78 is 9.79. The molecule has 0 amide bonds. The molecule has 0 N–H and O–H groups in total. The van der Waals surface area contributed by atoms with Crippen LogP contribution in [-0.2, 0) is 16.1 Å². The molecule has 0 aliphatic carbocycles. The van der Waals surface area contributed by atoms with Crippen LogP contribution in [0.5, 0.6) is 0 Å². The smallest absolute Gasteiger partial charge is 0.358 e. The molecule has 0 atom stereocenters. The number of thioether (sulfide) groups is 1. The second kappa shape index (κ2) is 7.94. The van der Waals surface area contributed by atoms with Gasteiger partial charge in [-0.05, 0) is 24.0 Å². The SMILES string of the molecule is COC(=O)c1ccc(COC(=O)c2nc(SC)ncc2Cl)cc1. The first-order valence-corrected chi connectivity index (χ1v) is 8.06. The van der Waals surface area contributed by atoms with Crippen molar-refractivity contribution in [2.45, 2.75) is 11.8 Å². The Bertz CT molecular complexity index is 722. The number of benzene rings is 1. The molecule has 0 spiro atoms. The Morgan fingerprint density at radius 1 is 1.22 bits per heavy atom. The van der Waals surface area contributed by atoms with Gasteiger partial charge >= 0.3 is 11.9 Å². The zero-order chi connectivity index (χ0) is 16.8. The summed E-state index contributed by atoms with van der Waals surface area (Å²) >= 11 is 7.21. The average Bonchev–Trinajstić information content (AvgIpc) is 2.59. The molecule has 0 unspecified atom stereocenters. The van der Waals surface area contributed by atoms with E-state index in [0.29, 0.717) is 10.7 Å². The summed E-state index contributed by atoms with van der Waals surface area (Å²) in [4.78, 5) is 31.4. The van der Waals surface area contributed by atoms with E-state index in [1.807, 2.05) is 0 Å². The largest absolute Gasteiger partial charge is 0.465 e. The van der Waals surface area contributed by atoms with E-state index in [1.54, 1.807) is 30.5 Å². The normalized spacial score (nSPS) is 10.2. The predicted octanol–water partition coefficient (Wildman–Crippen LogP) is 3.00. The van der Waals surface area contributed by atoms with Crippen LogP contribution in [0, 0.1) is 0 Å². The molecule has 6 nitrogen and oxygen atoms in total. The van der Waals surface area contributed by atoms with E-state index >= 15 is 0 Å². The van der Waals surface area contributed by atoms with Gasteiger partial charge in [-0.2, -0.15) is 0 Å². The minimum absolute atomic E-state index is 0.0252. The van der Waals surface area contributed by atoms with Gasteiger partial charge in [0.2, 0.25) is 0 Å². The van der Waals surface area contributed by atoms with Crippen LogP contribution in [0.25, 0.3) is 0 Å². The molecule has 0 aliphatic heterocycles. The van der Waals surface area contributed by atoms with E-state index in [0.717, 1.165) is 5.56 Å². The van der Waals surface area contributed by atoms with Gasteiger partial charge in [-0.1, -0.05) is 35.5 Å². The zero-order valence-corrected chi connectivity index (χ0v) is 14.0. The highest BCUT2D eigenvalue weighted by Crippen LogP contribution is 2.18. The van der Waals surface area contributed by atoms with Gasteiger partial charge < -0.3 is 9.47 Å². The molecule has 23 heavy (non-hydrogen) atoms. The summed E-state index contributed by atoms with van der Waals surface area (Å²) in [6.07, 6.45) is 3.16. The van der Waals surface area contributed by atoms with Crippen LogP contribution >= 0.6 is 23.4 Å². The second-order valence-corrected chi connectivity index (χ2v) is 5.50. The van der Waals surface area contributed by atoms with Crippen LogP contribution < -0.4 is 0 Å². The van der Waals surface area contributed by atoms with Crippen molar-refractivity contribution in [3.05, 3.63) is 52.3 Å². The number of aromatic nitrogens is 2. The number of nitrogens with zero attached hydrogens (tertiary/aromatic N) is 2. The van der Waals surface area contributed by atoms with Crippen molar-refractivity contribution in [2.75, 3.05) is 13.4 Å². The summed E-state index contributed by atoms with van der Waals surface area (Å²) in [7, 11) is 1.31. The molecule has 1 aromatic heterocycles. The maximum absolute atomic E-state index is 12.0. The molecule has 1 aromatic carbocycles. The quantitative estimate of drug-likeness (QED) is 0.465. The average molecular weight is 353 g/mol. The Balaban J connectivity index is 2.03. The highest BCUT2D eigenvalue weighted by molar-refractivity contribution is 7.98. The Morgan fingerprint density at radius 2 is 1.91 bits per heavy atom. The Hall–Kier alpha value is -2.12. The van der Waals surface area contributed by atoms with Crippen molar-refractivity contribution in [1.29, 1.82) is 0 Å². The first-order chi connectivity index (χ1) is 11.0. The Morgan fingerprint density at radius 3 is 2.52 bits per heavy atom. The number of carbonyl (C=O) groups is 2. The third kappa shape index (κ3) is 4.43. The van der Waals surface area contributed by atoms with Crippen LogP contribution in [0.2, 0.25) is 5.02 Å². The number of hydrogen-bond donors (Lipinski definition) is 0. The highest BCUT2D eigenvalue weighted by Gasteiger charge is 2.16. The molecule has 8 heteroatoms. The van der Waals surface area contributed by atoms with Crippen LogP contribution in [0.4, 0.5) is 0 Å². The van der Waals surface area contributed by atoms with Crippen molar-refractivity contribution in [3.8, 4) is 0 Å². The first-order valence-electron chi connectivity index (χ1n) is 6.46. The van der Waals surface area contributed by atoms with Gasteiger partial charge in [0.25, 0.3) is 0 Å². The van der Waals surface area contributed by atoms with Crippen LogP contribution in [0.3, 0.4) is 0 Å². The van der Waals surface area contributed by atoms with Gasteiger partial charge in [0.15, 0.2) is 10.9 Å².